The highest BCUT2D eigenvalue weighted by Crippen LogP contribution is 2.34. The van der Waals surface area contributed by atoms with Crippen LogP contribution >= 0.6 is 39.3 Å². The van der Waals surface area contributed by atoms with Gasteiger partial charge in [0.1, 0.15) is 0 Å². The third-order valence-electron chi connectivity index (χ3n) is 4.84. The number of carbonyl (C=O) groups excluding carboxylic acids is 2. The molecule has 0 spiro atoms. The number of rotatable bonds is 8. The molecule has 2 N–H and O–H groups in total. The molecule has 0 fully saturated rings. The summed E-state index contributed by atoms with van der Waals surface area (Å²) in [7, 11) is 0. The highest BCUT2D eigenvalue weighted by Gasteiger charge is 2.31. The average molecular weight is 615 g/mol. The molecule has 0 aliphatic heterocycles. The fraction of sp³-hybridized carbons (Fsp3) is 0.130. The fourth-order valence-electron chi connectivity index (χ4n) is 3.13. The number of amides is 2. The molecule has 14 heteroatoms. The van der Waals surface area contributed by atoms with Gasteiger partial charge in [0.15, 0.2) is 16.7 Å². The van der Waals surface area contributed by atoms with E-state index in [0.717, 1.165) is 34.4 Å². The summed E-state index contributed by atoms with van der Waals surface area (Å²) in [4.78, 5) is 24.8. The highest BCUT2D eigenvalue weighted by atomic mass is 79.9. The normalized spacial score (nSPS) is 11.4. The Bertz CT molecular complexity index is 1410. The maximum Gasteiger partial charge on any atom is 0.416 e. The van der Waals surface area contributed by atoms with Gasteiger partial charge in [-0.3, -0.25) is 14.2 Å². The number of hydrogen-bond acceptors (Lipinski definition) is 6. The summed E-state index contributed by atoms with van der Waals surface area (Å²) in [6, 6.07) is 13.0. The van der Waals surface area contributed by atoms with E-state index in [9.17, 15) is 22.8 Å². The van der Waals surface area contributed by atoms with Crippen LogP contribution in [0.15, 0.2) is 74.9 Å². The zero-order valence-corrected chi connectivity index (χ0v) is 21.7. The molecule has 2 aromatic heterocycles. The van der Waals surface area contributed by atoms with Crippen molar-refractivity contribution in [1.82, 2.24) is 20.1 Å². The van der Waals surface area contributed by atoms with E-state index in [-0.39, 0.29) is 28.8 Å². The number of furan rings is 1. The van der Waals surface area contributed by atoms with Crippen LogP contribution < -0.4 is 10.6 Å². The first-order chi connectivity index (χ1) is 17.6. The van der Waals surface area contributed by atoms with Gasteiger partial charge < -0.3 is 15.1 Å². The van der Waals surface area contributed by atoms with Gasteiger partial charge in [-0.05, 0) is 54.6 Å². The predicted octanol–water partition coefficient (Wildman–Crippen LogP) is 5.96. The van der Waals surface area contributed by atoms with E-state index in [1.54, 1.807) is 34.9 Å². The summed E-state index contributed by atoms with van der Waals surface area (Å²) < 4.78 is 46.6. The Morgan fingerprint density at radius 3 is 2.54 bits per heavy atom. The van der Waals surface area contributed by atoms with Crippen LogP contribution in [0.2, 0.25) is 5.02 Å². The van der Waals surface area contributed by atoms with Crippen LogP contribution in [0, 0.1) is 0 Å². The zero-order valence-electron chi connectivity index (χ0n) is 18.6. The second kappa shape index (κ2) is 11.4. The van der Waals surface area contributed by atoms with Crippen LogP contribution in [-0.2, 0) is 17.5 Å². The van der Waals surface area contributed by atoms with E-state index in [0.29, 0.717) is 16.7 Å². The monoisotopic (exact) mass is 613 g/mol. The van der Waals surface area contributed by atoms with Crippen LogP contribution in [-0.4, -0.2) is 32.3 Å². The summed E-state index contributed by atoms with van der Waals surface area (Å²) in [6.07, 6.45) is -3.20. The minimum atomic E-state index is -4.58. The Morgan fingerprint density at radius 1 is 1.11 bits per heavy atom. The van der Waals surface area contributed by atoms with E-state index < -0.39 is 23.6 Å². The molecule has 0 aliphatic carbocycles. The van der Waals surface area contributed by atoms with Crippen molar-refractivity contribution in [3.63, 3.8) is 0 Å². The molecule has 2 heterocycles. The number of anilines is 1. The van der Waals surface area contributed by atoms with Gasteiger partial charge in [-0.25, -0.2) is 0 Å². The quantitative estimate of drug-likeness (QED) is 0.238. The molecule has 37 heavy (non-hydrogen) atoms. The molecule has 0 saturated heterocycles. The van der Waals surface area contributed by atoms with Crippen LogP contribution in [0.3, 0.4) is 0 Å². The van der Waals surface area contributed by atoms with Crippen molar-refractivity contribution in [2.45, 2.75) is 17.9 Å². The van der Waals surface area contributed by atoms with Crippen LogP contribution in [0.5, 0.6) is 0 Å². The molecule has 2 amide bonds. The van der Waals surface area contributed by atoms with Gasteiger partial charge in [0.25, 0.3) is 5.91 Å². The van der Waals surface area contributed by atoms with Gasteiger partial charge in [-0.15, -0.1) is 10.2 Å². The molecule has 4 rings (SSSR count). The van der Waals surface area contributed by atoms with Crippen molar-refractivity contribution in [1.29, 1.82) is 0 Å². The van der Waals surface area contributed by atoms with E-state index in [2.05, 4.69) is 36.8 Å². The van der Waals surface area contributed by atoms with Crippen molar-refractivity contribution in [3.05, 3.63) is 87.5 Å². The third kappa shape index (κ3) is 6.73. The molecule has 192 valence electrons. The Balaban J connectivity index is 1.50. The predicted molar refractivity (Wildman–Crippen MR) is 135 cm³/mol. The number of thioether (sulfide) groups is 1. The van der Waals surface area contributed by atoms with Crippen LogP contribution in [0.1, 0.15) is 21.9 Å². The second-order valence-electron chi connectivity index (χ2n) is 7.40. The smallest absolute Gasteiger partial charge is 0.416 e. The minimum Gasteiger partial charge on any atom is -0.459 e. The molecular formula is C23H16BrClF3N5O3S. The molecule has 0 bridgehead atoms. The molecular weight excluding hydrogens is 599 g/mol. The number of hydrogen-bond donors (Lipinski definition) is 2. The summed E-state index contributed by atoms with van der Waals surface area (Å²) in [5.74, 6) is -0.716. The molecule has 8 nitrogen and oxygen atoms in total. The number of nitrogens with one attached hydrogen (secondary N) is 2. The van der Waals surface area contributed by atoms with Crippen molar-refractivity contribution in [3.8, 4) is 5.69 Å². The van der Waals surface area contributed by atoms with E-state index in [1.165, 1.54) is 12.3 Å². The molecule has 0 aliphatic rings. The molecule has 0 saturated carbocycles. The topological polar surface area (TPSA) is 102 Å². The minimum absolute atomic E-state index is 0.00912. The van der Waals surface area contributed by atoms with E-state index >= 15 is 0 Å². The second-order valence-corrected chi connectivity index (χ2v) is 9.67. The number of alkyl halides is 3. The Morgan fingerprint density at radius 2 is 1.86 bits per heavy atom. The van der Waals surface area contributed by atoms with E-state index in [4.69, 9.17) is 16.0 Å². The standard InChI is InChI=1S/C23H16BrClF3N5O3S/c24-14-4-6-15(7-5-14)33-19(11-29-21(35)18-2-1-9-36-18)31-32-22(33)37-12-20(34)30-17-10-13(23(26,27)28)3-8-16(17)25/h1-10H,11-12H2,(H,29,35)(H,30,34). The average Bonchev–Trinajstić information content (AvgIpc) is 3.53. The first kappa shape index (κ1) is 26.8. The summed E-state index contributed by atoms with van der Waals surface area (Å²) in [5.41, 5.74) is -0.423. The first-order valence-corrected chi connectivity index (χ1v) is 12.6. The number of aromatic nitrogens is 3. The molecule has 2 aromatic carbocycles. The van der Waals surface area contributed by atoms with Gasteiger partial charge in [-0.2, -0.15) is 13.2 Å². The highest BCUT2D eigenvalue weighted by molar-refractivity contribution is 9.10. The number of carbonyl (C=O) groups is 2. The lowest BCUT2D eigenvalue weighted by atomic mass is 10.2. The molecule has 0 atom stereocenters. The van der Waals surface area contributed by atoms with Crippen LogP contribution in [0.25, 0.3) is 5.69 Å². The van der Waals surface area contributed by atoms with Gasteiger partial charge in [0, 0.05) is 10.2 Å². The van der Waals surface area contributed by atoms with Crippen molar-refractivity contribution >= 4 is 56.8 Å². The Labute approximate surface area is 225 Å². The summed E-state index contributed by atoms with van der Waals surface area (Å²) in [6.45, 7) is 0.00912. The lowest BCUT2D eigenvalue weighted by Gasteiger charge is -2.12. The molecule has 0 unspecified atom stereocenters. The van der Waals surface area contributed by atoms with Gasteiger partial charge >= 0.3 is 6.18 Å². The number of nitrogens with zero attached hydrogens (tertiary/aromatic N) is 3. The number of halogens is 5. The zero-order chi connectivity index (χ0) is 26.6. The van der Waals surface area contributed by atoms with Gasteiger partial charge in [0.05, 0.1) is 34.8 Å². The lowest BCUT2D eigenvalue weighted by molar-refractivity contribution is -0.137. The fourth-order valence-corrected chi connectivity index (χ4v) is 4.33. The van der Waals surface area contributed by atoms with Crippen molar-refractivity contribution in [2.75, 3.05) is 11.1 Å². The maximum absolute atomic E-state index is 13.0. The van der Waals surface area contributed by atoms with Gasteiger partial charge in [0.2, 0.25) is 5.91 Å². The lowest BCUT2D eigenvalue weighted by Crippen LogP contribution is -2.24. The summed E-state index contributed by atoms with van der Waals surface area (Å²) in [5, 5.41) is 13.7. The number of benzene rings is 2. The van der Waals surface area contributed by atoms with Crippen LogP contribution in [0.4, 0.5) is 18.9 Å². The largest absolute Gasteiger partial charge is 0.459 e. The van der Waals surface area contributed by atoms with Crippen molar-refractivity contribution in [2.24, 2.45) is 0 Å². The third-order valence-corrected chi connectivity index (χ3v) is 6.62. The Hall–Kier alpha value is -3.29. The Kier molecular flexibility index (Phi) is 8.25. The summed E-state index contributed by atoms with van der Waals surface area (Å²) >= 11 is 10.4. The molecule has 4 aromatic rings. The van der Waals surface area contributed by atoms with Gasteiger partial charge in [-0.1, -0.05) is 39.3 Å². The maximum atomic E-state index is 13.0. The first-order valence-electron chi connectivity index (χ1n) is 10.4. The molecule has 0 radical (unpaired) electrons. The van der Waals surface area contributed by atoms with E-state index in [1.807, 2.05) is 0 Å². The SMILES string of the molecule is O=C(CSc1nnc(CNC(=O)c2ccco2)n1-c1ccc(Br)cc1)Nc1cc(C(F)(F)F)ccc1Cl. The van der Waals surface area contributed by atoms with Crippen molar-refractivity contribution < 1.29 is 27.2 Å².